The molecule has 0 spiro atoms. The molecule has 0 aromatic carbocycles. The molecule has 0 rings (SSSR count). The number of hydrogen-bond acceptors (Lipinski definition) is 3. The van der Waals surface area contributed by atoms with Gasteiger partial charge in [-0.25, -0.2) is 0 Å². The van der Waals surface area contributed by atoms with Gasteiger partial charge in [-0.1, -0.05) is 0 Å². The van der Waals surface area contributed by atoms with Gasteiger partial charge in [-0.05, 0) is 12.8 Å². The largest absolute Gasteiger partial charge is 0.316 e. The van der Waals surface area contributed by atoms with Crippen LogP contribution >= 0.6 is 0 Å². The molecule has 0 saturated heterocycles. The highest BCUT2D eigenvalue weighted by Crippen LogP contribution is 1.94. The fourth-order valence-corrected chi connectivity index (χ4v) is 0.486. The Morgan fingerprint density at radius 3 is 2.89 bits per heavy atom. The fourth-order valence-electron chi connectivity index (χ4n) is 0.486. The minimum absolute atomic E-state index is 0.398. The van der Waals surface area contributed by atoms with E-state index in [-0.39, 0.29) is 0 Å². The van der Waals surface area contributed by atoms with Gasteiger partial charge in [-0.2, -0.15) is 5.26 Å². The Morgan fingerprint density at radius 1 is 1.78 bits per heavy atom. The van der Waals surface area contributed by atoms with Crippen molar-refractivity contribution in [3.63, 3.8) is 0 Å². The molecule has 0 heterocycles. The van der Waals surface area contributed by atoms with Crippen molar-refractivity contribution in [3.8, 4) is 6.07 Å². The van der Waals surface area contributed by atoms with Crippen LogP contribution in [0.15, 0.2) is 0 Å². The summed E-state index contributed by atoms with van der Waals surface area (Å²) in [4.78, 5) is 9.75. The quantitative estimate of drug-likeness (QED) is 0.432. The Balaban J connectivity index is 3.08. The zero-order chi connectivity index (χ0) is 7.11. The van der Waals surface area contributed by atoms with Gasteiger partial charge in [-0.3, -0.25) is 0 Å². The maximum atomic E-state index is 9.75. The van der Waals surface area contributed by atoms with Gasteiger partial charge in [0.2, 0.25) is 0 Å². The first-order valence-electron chi connectivity index (χ1n) is 2.90. The average Bonchev–Trinajstić information content (AvgIpc) is 1.89. The maximum absolute atomic E-state index is 9.75. The Morgan fingerprint density at radius 2 is 2.44 bits per heavy atom. The smallest absolute Gasteiger partial charge is 0.119 e. The lowest BCUT2D eigenvalue weighted by molar-refractivity contribution is -0.107. The van der Waals surface area contributed by atoms with E-state index in [4.69, 9.17) is 11.0 Å². The van der Waals surface area contributed by atoms with E-state index in [1.807, 2.05) is 6.07 Å². The SMILES string of the molecule is N#CC(N)CCCC=O. The van der Waals surface area contributed by atoms with E-state index in [0.29, 0.717) is 12.8 Å². The molecule has 0 saturated carbocycles. The van der Waals surface area contributed by atoms with Crippen LogP contribution in [0.25, 0.3) is 0 Å². The summed E-state index contributed by atoms with van der Waals surface area (Å²) in [7, 11) is 0. The molecule has 0 aliphatic rings. The molecule has 9 heavy (non-hydrogen) atoms. The molecule has 0 radical (unpaired) electrons. The van der Waals surface area contributed by atoms with E-state index in [1.54, 1.807) is 0 Å². The van der Waals surface area contributed by atoms with Crippen molar-refractivity contribution >= 4 is 6.29 Å². The molecule has 0 bridgehead atoms. The molecule has 0 aliphatic carbocycles. The predicted octanol–water partition coefficient (Wildman–Crippen LogP) is 0.206. The second-order valence-electron chi connectivity index (χ2n) is 1.83. The number of hydrogen-bond donors (Lipinski definition) is 1. The van der Waals surface area contributed by atoms with Crippen molar-refractivity contribution in [2.24, 2.45) is 5.73 Å². The van der Waals surface area contributed by atoms with E-state index < -0.39 is 6.04 Å². The van der Waals surface area contributed by atoms with Gasteiger partial charge >= 0.3 is 0 Å². The number of carbonyl (C=O) groups excluding carboxylic acids is 1. The normalized spacial score (nSPS) is 12.0. The zero-order valence-electron chi connectivity index (χ0n) is 5.21. The van der Waals surface area contributed by atoms with Gasteiger partial charge in [0.1, 0.15) is 6.29 Å². The molecule has 0 fully saturated rings. The van der Waals surface area contributed by atoms with Gasteiger partial charge in [0.25, 0.3) is 0 Å². The molecule has 3 heteroatoms. The summed E-state index contributed by atoms with van der Waals surface area (Å²) in [5.41, 5.74) is 5.24. The van der Waals surface area contributed by atoms with Crippen LogP contribution in [0.4, 0.5) is 0 Å². The first-order valence-corrected chi connectivity index (χ1v) is 2.90. The Hall–Kier alpha value is -0.880. The summed E-state index contributed by atoms with van der Waals surface area (Å²) >= 11 is 0. The van der Waals surface area contributed by atoms with Crippen molar-refractivity contribution in [2.75, 3.05) is 0 Å². The predicted molar refractivity (Wildman–Crippen MR) is 33.5 cm³/mol. The summed E-state index contributed by atoms with van der Waals surface area (Å²) in [5.74, 6) is 0. The molecule has 3 nitrogen and oxygen atoms in total. The van der Waals surface area contributed by atoms with Crippen molar-refractivity contribution in [1.29, 1.82) is 5.26 Å². The molecule has 50 valence electrons. The van der Waals surface area contributed by atoms with Crippen LogP contribution in [-0.2, 0) is 4.79 Å². The number of rotatable bonds is 4. The van der Waals surface area contributed by atoms with E-state index in [2.05, 4.69) is 0 Å². The van der Waals surface area contributed by atoms with Crippen LogP contribution in [0.2, 0.25) is 0 Å². The number of unbranched alkanes of at least 4 members (excludes halogenated alkanes) is 1. The third kappa shape index (κ3) is 4.98. The second kappa shape index (κ2) is 5.26. The van der Waals surface area contributed by atoms with Crippen LogP contribution in [0.5, 0.6) is 0 Å². The molecule has 2 N–H and O–H groups in total. The van der Waals surface area contributed by atoms with Gasteiger partial charge < -0.3 is 10.5 Å². The van der Waals surface area contributed by atoms with Gasteiger partial charge in [-0.15, -0.1) is 0 Å². The fraction of sp³-hybridized carbons (Fsp3) is 0.667. The lowest BCUT2D eigenvalue weighted by Gasteiger charge is -1.96. The summed E-state index contributed by atoms with van der Waals surface area (Å²) < 4.78 is 0. The van der Waals surface area contributed by atoms with Gasteiger partial charge in [0, 0.05) is 6.42 Å². The van der Waals surface area contributed by atoms with Crippen LogP contribution in [0.1, 0.15) is 19.3 Å². The molecule has 1 atom stereocenters. The van der Waals surface area contributed by atoms with E-state index in [1.165, 1.54) is 0 Å². The molecular weight excluding hydrogens is 116 g/mol. The molecule has 0 aromatic rings. The Bertz CT molecular complexity index is 117. The molecule has 1 unspecified atom stereocenters. The van der Waals surface area contributed by atoms with Gasteiger partial charge in [0.15, 0.2) is 0 Å². The van der Waals surface area contributed by atoms with Crippen molar-refractivity contribution in [3.05, 3.63) is 0 Å². The van der Waals surface area contributed by atoms with E-state index in [0.717, 1.165) is 12.7 Å². The monoisotopic (exact) mass is 126 g/mol. The summed E-state index contributed by atoms with van der Waals surface area (Å²) in [6.07, 6.45) is 2.69. The summed E-state index contributed by atoms with van der Waals surface area (Å²) in [5, 5.41) is 8.17. The highest BCUT2D eigenvalue weighted by Gasteiger charge is 1.96. The number of carbonyl (C=O) groups is 1. The minimum atomic E-state index is -0.398. The molecule has 0 aliphatic heterocycles. The standard InChI is InChI=1S/C6H10N2O/c7-5-6(8)3-1-2-4-9/h4,6H,1-3,8H2. The van der Waals surface area contributed by atoms with Crippen LogP contribution < -0.4 is 5.73 Å². The van der Waals surface area contributed by atoms with Crippen molar-refractivity contribution < 1.29 is 4.79 Å². The van der Waals surface area contributed by atoms with Crippen LogP contribution in [0.3, 0.4) is 0 Å². The highest BCUT2D eigenvalue weighted by atomic mass is 16.1. The summed E-state index contributed by atoms with van der Waals surface area (Å²) in [6, 6.07) is 1.49. The van der Waals surface area contributed by atoms with E-state index in [9.17, 15) is 4.79 Å². The molecule has 0 aromatic heterocycles. The minimum Gasteiger partial charge on any atom is -0.316 e. The topological polar surface area (TPSA) is 66.9 Å². The number of nitriles is 1. The Labute approximate surface area is 54.5 Å². The lowest BCUT2D eigenvalue weighted by atomic mass is 10.1. The average molecular weight is 126 g/mol. The van der Waals surface area contributed by atoms with Crippen molar-refractivity contribution in [1.82, 2.24) is 0 Å². The molecular formula is C6H10N2O. The number of nitrogens with zero attached hydrogens (tertiary/aromatic N) is 1. The summed E-state index contributed by atoms with van der Waals surface area (Å²) in [6.45, 7) is 0. The zero-order valence-corrected chi connectivity index (χ0v) is 5.21. The third-order valence-corrected chi connectivity index (χ3v) is 1.00. The number of aldehydes is 1. The number of nitrogens with two attached hydrogens (primary N) is 1. The van der Waals surface area contributed by atoms with E-state index >= 15 is 0 Å². The van der Waals surface area contributed by atoms with Gasteiger partial charge in [0.05, 0.1) is 12.1 Å². The molecule has 0 amide bonds. The Kier molecular flexibility index (Phi) is 4.75. The first-order chi connectivity index (χ1) is 4.31. The van der Waals surface area contributed by atoms with Crippen LogP contribution in [0, 0.1) is 11.3 Å². The lowest BCUT2D eigenvalue weighted by Crippen LogP contribution is -2.16. The third-order valence-electron chi connectivity index (χ3n) is 1.00. The second-order valence-corrected chi connectivity index (χ2v) is 1.83. The highest BCUT2D eigenvalue weighted by molar-refractivity contribution is 5.48. The first kappa shape index (κ1) is 8.12. The maximum Gasteiger partial charge on any atom is 0.119 e. The van der Waals surface area contributed by atoms with Crippen LogP contribution in [-0.4, -0.2) is 12.3 Å². The van der Waals surface area contributed by atoms with Crippen molar-refractivity contribution in [2.45, 2.75) is 25.3 Å².